The van der Waals surface area contributed by atoms with Gasteiger partial charge in [-0.25, -0.2) is 0 Å². The van der Waals surface area contributed by atoms with Crippen LogP contribution in [0.3, 0.4) is 0 Å². The summed E-state index contributed by atoms with van der Waals surface area (Å²) in [4.78, 5) is 8.69. The standard InChI is InChI=1S/C12H8N2.Ce/c1-3-9-5-6-10-4-2-8-14-12(10)11(9)13-7-1;/h1-8H;. The number of pyridine rings is 2. The van der Waals surface area contributed by atoms with Crippen molar-refractivity contribution >= 4 is 21.8 Å². The molecular weight excluding hydrogens is 312 g/mol. The molecule has 70 valence electrons. The molecule has 2 aromatic heterocycles. The summed E-state index contributed by atoms with van der Waals surface area (Å²) in [6, 6.07) is 12.1. The Balaban J connectivity index is 0.000000853. The molecule has 0 saturated carbocycles. The summed E-state index contributed by atoms with van der Waals surface area (Å²) in [5.74, 6) is 0. The molecule has 3 heteroatoms. The SMILES string of the molecule is [Ce].c1cnc2c(c1)ccc1cccnc12. The molecule has 0 aliphatic heterocycles. The van der Waals surface area contributed by atoms with E-state index in [2.05, 4.69) is 34.2 Å². The number of rotatable bonds is 0. The number of hydrogen-bond donors (Lipinski definition) is 0. The second kappa shape index (κ2) is 4.51. The molecule has 0 aliphatic rings. The van der Waals surface area contributed by atoms with Gasteiger partial charge in [-0.3, -0.25) is 9.97 Å². The third-order valence-corrected chi connectivity index (χ3v) is 2.34. The number of aromatic nitrogens is 2. The van der Waals surface area contributed by atoms with Gasteiger partial charge in [-0.2, -0.15) is 0 Å². The summed E-state index contributed by atoms with van der Waals surface area (Å²) in [7, 11) is 0. The summed E-state index contributed by atoms with van der Waals surface area (Å²) in [5, 5.41) is 2.28. The average molecular weight is 320 g/mol. The van der Waals surface area contributed by atoms with Gasteiger partial charge >= 0.3 is 0 Å². The Kier molecular flexibility index (Phi) is 3.28. The van der Waals surface area contributed by atoms with Gasteiger partial charge in [0.25, 0.3) is 0 Å². The predicted octanol–water partition coefficient (Wildman–Crippen LogP) is 2.78. The van der Waals surface area contributed by atoms with Gasteiger partial charge in [0.2, 0.25) is 0 Å². The Morgan fingerprint density at radius 3 is 1.60 bits per heavy atom. The maximum atomic E-state index is 4.35. The second-order valence-corrected chi connectivity index (χ2v) is 3.22. The van der Waals surface area contributed by atoms with Crippen LogP contribution in [0.4, 0.5) is 0 Å². The van der Waals surface area contributed by atoms with Crippen molar-refractivity contribution in [2.24, 2.45) is 0 Å². The van der Waals surface area contributed by atoms with Gasteiger partial charge in [0.05, 0.1) is 11.0 Å². The molecule has 3 aromatic rings. The van der Waals surface area contributed by atoms with Crippen LogP contribution in [0, 0.1) is 41.7 Å². The fourth-order valence-corrected chi connectivity index (χ4v) is 1.68. The van der Waals surface area contributed by atoms with Crippen LogP contribution >= 0.6 is 0 Å². The molecule has 0 unspecified atom stereocenters. The van der Waals surface area contributed by atoms with Crippen molar-refractivity contribution < 1.29 is 41.7 Å². The minimum Gasteiger partial charge on any atom is -0.254 e. The molecule has 0 fully saturated rings. The molecule has 2 heterocycles. The smallest absolute Gasteiger partial charge is 0.0964 e. The third-order valence-electron chi connectivity index (χ3n) is 2.34. The fourth-order valence-electron chi connectivity index (χ4n) is 1.68. The van der Waals surface area contributed by atoms with Gasteiger partial charge in [-0.05, 0) is 12.1 Å². The van der Waals surface area contributed by atoms with Crippen molar-refractivity contribution in [1.82, 2.24) is 9.97 Å². The van der Waals surface area contributed by atoms with E-state index >= 15 is 0 Å². The maximum absolute atomic E-state index is 4.35. The van der Waals surface area contributed by atoms with E-state index in [9.17, 15) is 0 Å². The fraction of sp³-hybridized carbons (Fsp3) is 0. The van der Waals surface area contributed by atoms with Crippen LogP contribution in [0.15, 0.2) is 48.8 Å². The predicted molar refractivity (Wildman–Crippen MR) is 57.0 cm³/mol. The van der Waals surface area contributed by atoms with Gasteiger partial charge in [-0.15, -0.1) is 0 Å². The van der Waals surface area contributed by atoms with Gasteiger partial charge < -0.3 is 0 Å². The number of benzene rings is 1. The van der Waals surface area contributed by atoms with E-state index in [0.717, 1.165) is 21.8 Å². The van der Waals surface area contributed by atoms with E-state index in [4.69, 9.17) is 0 Å². The summed E-state index contributed by atoms with van der Waals surface area (Å²) in [6.45, 7) is 0. The molecule has 0 radical (unpaired) electrons. The Labute approximate surface area is 121 Å². The van der Waals surface area contributed by atoms with E-state index < -0.39 is 0 Å². The van der Waals surface area contributed by atoms with E-state index in [1.807, 2.05) is 12.1 Å². The molecule has 0 N–H and O–H groups in total. The second-order valence-electron chi connectivity index (χ2n) is 3.22. The van der Waals surface area contributed by atoms with Crippen molar-refractivity contribution in [2.75, 3.05) is 0 Å². The van der Waals surface area contributed by atoms with Gasteiger partial charge in [0.15, 0.2) is 0 Å². The van der Waals surface area contributed by atoms with Crippen LogP contribution < -0.4 is 0 Å². The first kappa shape index (κ1) is 10.9. The number of nitrogens with zero attached hydrogens (tertiary/aromatic N) is 2. The first-order chi connectivity index (χ1) is 6.95. The van der Waals surface area contributed by atoms with Gasteiger partial charge in [0, 0.05) is 64.9 Å². The maximum Gasteiger partial charge on any atom is 0.0964 e. The molecule has 0 amide bonds. The van der Waals surface area contributed by atoms with Crippen LogP contribution in [-0.2, 0) is 0 Å². The third kappa shape index (κ3) is 1.89. The molecule has 2 nitrogen and oxygen atoms in total. The molecule has 0 saturated heterocycles. The normalized spacial score (nSPS) is 10.1. The molecule has 0 spiro atoms. The van der Waals surface area contributed by atoms with Gasteiger partial charge in [0.1, 0.15) is 0 Å². The Morgan fingerprint density at radius 2 is 1.13 bits per heavy atom. The molecule has 0 bridgehead atoms. The molecule has 3 rings (SSSR count). The van der Waals surface area contributed by atoms with E-state index in [-0.39, 0.29) is 41.7 Å². The Morgan fingerprint density at radius 1 is 0.667 bits per heavy atom. The molecular formula is C12H8CeN2. The zero-order valence-corrected chi connectivity index (χ0v) is 11.2. The quantitative estimate of drug-likeness (QED) is 0.595. The zero-order valence-electron chi connectivity index (χ0n) is 8.01. The van der Waals surface area contributed by atoms with E-state index in [0.29, 0.717) is 0 Å². The Hall–Kier alpha value is -0.583. The van der Waals surface area contributed by atoms with E-state index in [1.54, 1.807) is 12.4 Å². The summed E-state index contributed by atoms with van der Waals surface area (Å²) >= 11 is 0. The van der Waals surface area contributed by atoms with Crippen molar-refractivity contribution in [3.8, 4) is 0 Å². The topological polar surface area (TPSA) is 25.8 Å². The van der Waals surface area contributed by atoms with Crippen LogP contribution in [0.25, 0.3) is 21.8 Å². The van der Waals surface area contributed by atoms with Crippen LogP contribution in [-0.4, -0.2) is 9.97 Å². The minimum absolute atomic E-state index is 0. The van der Waals surface area contributed by atoms with Crippen molar-refractivity contribution in [3.63, 3.8) is 0 Å². The van der Waals surface area contributed by atoms with Gasteiger partial charge in [-0.1, -0.05) is 24.3 Å². The molecule has 1 aromatic carbocycles. The molecule has 0 atom stereocenters. The summed E-state index contributed by atoms with van der Waals surface area (Å²) in [5.41, 5.74) is 1.95. The summed E-state index contributed by atoms with van der Waals surface area (Å²) in [6.07, 6.45) is 3.60. The number of fused-ring (bicyclic) bond motifs is 3. The molecule has 0 aliphatic carbocycles. The van der Waals surface area contributed by atoms with Crippen molar-refractivity contribution in [1.29, 1.82) is 0 Å². The minimum atomic E-state index is 0. The van der Waals surface area contributed by atoms with Crippen LogP contribution in [0.5, 0.6) is 0 Å². The van der Waals surface area contributed by atoms with E-state index in [1.165, 1.54) is 0 Å². The van der Waals surface area contributed by atoms with Crippen LogP contribution in [0.2, 0.25) is 0 Å². The largest absolute Gasteiger partial charge is 0.254 e. The Bertz CT molecular complexity index is 553. The summed E-state index contributed by atoms with van der Waals surface area (Å²) < 4.78 is 0. The zero-order chi connectivity index (χ0) is 9.38. The first-order valence-electron chi connectivity index (χ1n) is 4.53. The molecule has 15 heavy (non-hydrogen) atoms. The first-order valence-corrected chi connectivity index (χ1v) is 4.53. The van der Waals surface area contributed by atoms with Crippen molar-refractivity contribution in [2.45, 2.75) is 0 Å². The van der Waals surface area contributed by atoms with Crippen LogP contribution in [0.1, 0.15) is 0 Å². The van der Waals surface area contributed by atoms with Crippen molar-refractivity contribution in [3.05, 3.63) is 48.8 Å². The number of hydrogen-bond acceptors (Lipinski definition) is 2. The monoisotopic (exact) mass is 320 g/mol. The average Bonchev–Trinajstić information content (AvgIpc) is 2.29.